The van der Waals surface area contributed by atoms with Crippen molar-refractivity contribution in [3.63, 3.8) is 0 Å². The number of aromatic nitrogens is 2. The number of carbonyl (C=O) groups is 2. The van der Waals surface area contributed by atoms with Crippen LogP contribution in [0.4, 0.5) is 0 Å². The molecular weight excluding hydrogens is 276 g/mol. The standard InChI is InChI=1S/C9H14N4O5S/c1-5-11-4-8(12-5)19(17,18)13-6(9(15)16)2-3-7(10)14/h4,6,13H,2-3H2,1H3,(H2,10,14)(H,11,12)(H,15,16)/t6-/m1/s1. The van der Waals surface area contributed by atoms with E-state index in [1.807, 2.05) is 4.72 Å². The number of carboxylic acid groups (broad SMARTS) is 1. The molecule has 0 fully saturated rings. The fourth-order valence-corrected chi connectivity index (χ4v) is 2.50. The summed E-state index contributed by atoms with van der Waals surface area (Å²) in [5, 5.41) is 8.66. The van der Waals surface area contributed by atoms with Gasteiger partial charge in [-0.15, -0.1) is 0 Å². The maximum atomic E-state index is 11.8. The van der Waals surface area contributed by atoms with E-state index in [-0.39, 0.29) is 17.9 Å². The van der Waals surface area contributed by atoms with Crippen LogP contribution in [0, 0.1) is 6.92 Å². The molecule has 0 bridgehead atoms. The number of aliphatic carboxylic acids is 1. The Bertz CT molecular complexity index is 579. The summed E-state index contributed by atoms with van der Waals surface area (Å²) >= 11 is 0. The first-order valence-electron chi connectivity index (χ1n) is 5.27. The van der Waals surface area contributed by atoms with Gasteiger partial charge in [0.05, 0.1) is 6.20 Å². The van der Waals surface area contributed by atoms with Gasteiger partial charge in [0.1, 0.15) is 11.9 Å². The number of nitrogens with one attached hydrogen (secondary N) is 2. The van der Waals surface area contributed by atoms with Crippen molar-refractivity contribution in [2.24, 2.45) is 5.73 Å². The lowest BCUT2D eigenvalue weighted by molar-refractivity contribution is -0.139. The molecule has 9 nitrogen and oxygen atoms in total. The van der Waals surface area contributed by atoms with E-state index in [2.05, 4.69) is 9.97 Å². The van der Waals surface area contributed by atoms with Gasteiger partial charge in [-0.1, -0.05) is 0 Å². The zero-order valence-electron chi connectivity index (χ0n) is 10.1. The molecule has 106 valence electrons. The molecule has 5 N–H and O–H groups in total. The summed E-state index contributed by atoms with van der Waals surface area (Å²) in [5.41, 5.74) is 4.89. The molecule has 19 heavy (non-hydrogen) atoms. The van der Waals surface area contributed by atoms with Crippen molar-refractivity contribution in [1.82, 2.24) is 14.7 Å². The number of imidazole rings is 1. The van der Waals surface area contributed by atoms with Crippen LogP contribution in [0.3, 0.4) is 0 Å². The van der Waals surface area contributed by atoms with Crippen LogP contribution in [0.1, 0.15) is 18.7 Å². The average Bonchev–Trinajstić information content (AvgIpc) is 2.71. The van der Waals surface area contributed by atoms with E-state index in [1.165, 1.54) is 0 Å². The summed E-state index contributed by atoms with van der Waals surface area (Å²) in [6.07, 6.45) is 0.614. The van der Waals surface area contributed by atoms with Gasteiger partial charge in [0.15, 0.2) is 5.03 Å². The Morgan fingerprint density at radius 2 is 2.21 bits per heavy atom. The van der Waals surface area contributed by atoms with E-state index >= 15 is 0 Å². The number of hydrogen-bond donors (Lipinski definition) is 4. The Morgan fingerprint density at radius 3 is 2.63 bits per heavy atom. The first-order chi connectivity index (χ1) is 8.72. The quantitative estimate of drug-likeness (QED) is 0.490. The molecule has 1 rings (SSSR count). The van der Waals surface area contributed by atoms with Crippen molar-refractivity contribution in [2.45, 2.75) is 30.8 Å². The molecule has 1 aromatic heterocycles. The van der Waals surface area contributed by atoms with Crippen LogP contribution in [0.25, 0.3) is 0 Å². The Hall–Kier alpha value is -1.94. The second kappa shape index (κ2) is 5.80. The predicted molar refractivity (Wildman–Crippen MR) is 63.5 cm³/mol. The third kappa shape index (κ3) is 4.34. The zero-order chi connectivity index (χ0) is 14.6. The maximum absolute atomic E-state index is 11.8. The molecule has 1 amide bonds. The Balaban J connectivity index is 2.84. The van der Waals surface area contributed by atoms with Gasteiger partial charge in [-0.3, -0.25) is 9.59 Å². The maximum Gasteiger partial charge on any atom is 0.321 e. The normalized spacial score (nSPS) is 13.1. The number of nitrogens with zero attached hydrogens (tertiary/aromatic N) is 1. The van der Waals surface area contributed by atoms with E-state index in [4.69, 9.17) is 10.8 Å². The van der Waals surface area contributed by atoms with Crippen LogP contribution in [0.5, 0.6) is 0 Å². The summed E-state index contributed by atoms with van der Waals surface area (Å²) in [6, 6.07) is -1.43. The lowest BCUT2D eigenvalue weighted by Gasteiger charge is -2.12. The lowest BCUT2D eigenvalue weighted by atomic mass is 10.2. The Kier molecular flexibility index (Phi) is 4.62. The van der Waals surface area contributed by atoms with Gasteiger partial charge in [0, 0.05) is 6.42 Å². The highest BCUT2D eigenvalue weighted by molar-refractivity contribution is 7.89. The summed E-state index contributed by atoms with van der Waals surface area (Å²) in [4.78, 5) is 27.7. The molecule has 0 aromatic carbocycles. The SMILES string of the molecule is Cc1ncc(S(=O)(=O)N[C@H](CCC(N)=O)C(=O)O)[nH]1. The molecule has 0 aliphatic carbocycles. The molecule has 0 spiro atoms. The van der Waals surface area contributed by atoms with E-state index < -0.39 is 27.9 Å². The van der Waals surface area contributed by atoms with Gasteiger partial charge in [0.25, 0.3) is 10.0 Å². The van der Waals surface area contributed by atoms with E-state index in [1.54, 1.807) is 6.92 Å². The number of carboxylic acids is 1. The molecule has 1 heterocycles. The zero-order valence-corrected chi connectivity index (χ0v) is 10.9. The fourth-order valence-electron chi connectivity index (χ4n) is 1.31. The highest BCUT2D eigenvalue weighted by atomic mass is 32.2. The van der Waals surface area contributed by atoms with Gasteiger partial charge < -0.3 is 15.8 Å². The fraction of sp³-hybridized carbons (Fsp3) is 0.444. The highest BCUT2D eigenvalue weighted by Gasteiger charge is 2.26. The monoisotopic (exact) mass is 290 g/mol. The molecule has 0 radical (unpaired) electrons. The van der Waals surface area contributed by atoms with Gasteiger partial charge in [-0.2, -0.15) is 4.72 Å². The number of rotatable bonds is 7. The Morgan fingerprint density at radius 1 is 1.58 bits per heavy atom. The average molecular weight is 290 g/mol. The number of hydrogen-bond acceptors (Lipinski definition) is 5. The van der Waals surface area contributed by atoms with Crippen molar-refractivity contribution in [3.8, 4) is 0 Å². The Labute approximate surface area is 109 Å². The van der Waals surface area contributed by atoms with Crippen LogP contribution >= 0.6 is 0 Å². The van der Waals surface area contributed by atoms with Crippen LogP contribution in [-0.2, 0) is 19.6 Å². The summed E-state index contributed by atoms with van der Waals surface area (Å²) in [6.45, 7) is 1.56. The summed E-state index contributed by atoms with van der Waals surface area (Å²) in [5.74, 6) is -1.71. The molecule has 0 unspecified atom stereocenters. The molecule has 1 atom stereocenters. The number of nitrogens with two attached hydrogens (primary N) is 1. The molecule has 0 aliphatic rings. The van der Waals surface area contributed by atoms with Crippen molar-refractivity contribution in [3.05, 3.63) is 12.0 Å². The van der Waals surface area contributed by atoms with Crippen LogP contribution in [0.15, 0.2) is 11.2 Å². The topological polar surface area (TPSA) is 155 Å². The second-order valence-electron chi connectivity index (χ2n) is 3.85. The first kappa shape index (κ1) is 15.1. The number of sulfonamides is 1. The van der Waals surface area contributed by atoms with Crippen LogP contribution in [-0.4, -0.2) is 41.4 Å². The number of carbonyl (C=O) groups excluding carboxylic acids is 1. The van der Waals surface area contributed by atoms with Crippen molar-refractivity contribution < 1.29 is 23.1 Å². The summed E-state index contributed by atoms with van der Waals surface area (Å²) in [7, 11) is -4.03. The molecule has 0 aliphatic heterocycles. The second-order valence-corrected chi connectivity index (χ2v) is 5.53. The van der Waals surface area contributed by atoms with Gasteiger partial charge >= 0.3 is 5.97 Å². The van der Waals surface area contributed by atoms with Crippen molar-refractivity contribution in [1.29, 1.82) is 0 Å². The van der Waals surface area contributed by atoms with Crippen LogP contribution < -0.4 is 10.5 Å². The number of H-pyrrole nitrogens is 1. The molecule has 1 aromatic rings. The van der Waals surface area contributed by atoms with E-state index in [9.17, 15) is 18.0 Å². The predicted octanol–water partition coefficient (Wildman–Crippen LogP) is -1.28. The van der Waals surface area contributed by atoms with Gasteiger partial charge in [-0.25, -0.2) is 13.4 Å². The summed E-state index contributed by atoms with van der Waals surface area (Å²) < 4.78 is 25.7. The molecule has 10 heteroatoms. The molecular formula is C9H14N4O5S. The third-order valence-electron chi connectivity index (χ3n) is 2.24. The number of primary amides is 1. The first-order valence-corrected chi connectivity index (χ1v) is 6.75. The minimum atomic E-state index is -4.03. The van der Waals surface area contributed by atoms with E-state index in [0.717, 1.165) is 6.20 Å². The van der Waals surface area contributed by atoms with Crippen LogP contribution in [0.2, 0.25) is 0 Å². The van der Waals surface area contributed by atoms with Gasteiger partial charge in [-0.05, 0) is 13.3 Å². The third-order valence-corrected chi connectivity index (χ3v) is 3.63. The number of aryl methyl sites for hydroxylation is 1. The minimum Gasteiger partial charge on any atom is -0.480 e. The van der Waals surface area contributed by atoms with Gasteiger partial charge in [0.2, 0.25) is 5.91 Å². The van der Waals surface area contributed by atoms with E-state index in [0.29, 0.717) is 5.82 Å². The number of amides is 1. The highest BCUT2D eigenvalue weighted by Crippen LogP contribution is 2.08. The molecule has 0 saturated heterocycles. The molecule has 0 saturated carbocycles. The minimum absolute atomic E-state index is 0.225. The largest absolute Gasteiger partial charge is 0.480 e. The number of aromatic amines is 1. The van der Waals surface area contributed by atoms with Crippen molar-refractivity contribution in [2.75, 3.05) is 0 Å². The lowest BCUT2D eigenvalue weighted by Crippen LogP contribution is -2.41. The van der Waals surface area contributed by atoms with Crippen molar-refractivity contribution >= 4 is 21.9 Å². The smallest absolute Gasteiger partial charge is 0.321 e.